The van der Waals surface area contributed by atoms with E-state index in [0.717, 1.165) is 5.57 Å². The highest BCUT2D eigenvalue weighted by atomic mass is 16.7. The first kappa shape index (κ1) is 9.48. The van der Waals surface area contributed by atoms with Gasteiger partial charge in [-0.3, -0.25) is 0 Å². The van der Waals surface area contributed by atoms with Gasteiger partial charge in [-0.2, -0.15) is 0 Å². The van der Waals surface area contributed by atoms with E-state index in [2.05, 4.69) is 5.32 Å². The Balaban J connectivity index is 2.15. The SMILES string of the molecule is CC(C)OC1OC(=O)C2=C1COCN2. The van der Waals surface area contributed by atoms with Crippen molar-refractivity contribution in [2.45, 2.75) is 26.2 Å². The zero-order chi connectivity index (χ0) is 10.1. The van der Waals surface area contributed by atoms with Crippen LogP contribution in [-0.4, -0.2) is 31.7 Å². The number of ether oxygens (including phenoxy) is 3. The van der Waals surface area contributed by atoms with Crippen LogP contribution in [0.25, 0.3) is 0 Å². The van der Waals surface area contributed by atoms with Crippen LogP contribution >= 0.6 is 0 Å². The Morgan fingerprint density at radius 3 is 3.07 bits per heavy atom. The predicted molar refractivity (Wildman–Crippen MR) is 47.1 cm³/mol. The number of carbonyl (C=O) groups is 1. The van der Waals surface area contributed by atoms with Crippen LogP contribution in [0.5, 0.6) is 0 Å². The van der Waals surface area contributed by atoms with E-state index >= 15 is 0 Å². The maximum absolute atomic E-state index is 11.3. The van der Waals surface area contributed by atoms with Crippen molar-refractivity contribution in [3.8, 4) is 0 Å². The molecule has 1 unspecified atom stereocenters. The molecule has 0 amide bonds. The van der Waals surface area contributed by atoms with Crippen LogP contribution in [0, 0.1) is 0 Å². The second-order valence-electron chi connectivity index (χ2n) is 3.49. The molecular weight excluding hydrogens is 186 g/mol. The van der Waals surface area contributed by atoms with E-state index < -0.39 is 6.29 Å². The molecule has 5 nitrogen and oxygen atoms in total. The lowest BCUT2D eigenvalue weighted by molar-refractivity contribution is -0.166. The molecule has 2 heterocycles. The maximum atomic E-state index is 11.3. The van der Waals surface area contributed by atoms with Gasteiger partial charge in [0.05, 0.1) is 18.3 Å². The van der Waals surface area contributed by atoms with E-state index in [1.165, 1.54) is 0 Å². The first-order chi connectivity index (χ1) is 6.68. The zero-order valence-electron chi connectivity index (χ0n) is 8.20. The van der Waals surface area contributed by atoms with Crippen LogP contribution in [0.1, 0.15) is 13.8 Å². The molecule has 1 N–H and O–H groups in total. The quantitative estimate of drug-likeness (QED) is 0.640. The molecule has 0 spiro atoms. The molecule has 5 heteroatoms. The molecule has 2 rings (SSSR count). The van der Waals surface area contributed by atoms with Gasteiger partial charge in [0.25, 0.3) is 0 Å². The molecule has 14 heavy (non-hydrogen) atoms. The maximum Gasteiger partial charge on any atom is 0.357 e. The Morgan fingerprint density at radius 2 is 2.36 bits per heavy atom. The molecule has 2 aliphatic rings. The Hall–Kier alpha value is -1.07. The van der Waals surface area contributed by atoms with E-state index in [1.54, 1.807) is 0 Å². The Bertz CT molecular complexity index is 285. The van der Waals surface area contributed by atoms with E-state index in [9.17, 15) is 4.79 Å². The van der Waals surface area contributed by atoms with E-state index in [4.69, 9.17) is 14.2 Å². The number of hydrogen-bond donors (Lipinski definition) is 1. The summed E-state index contributed by atoms with van der Waals surface area (Å²) in [6.07, 6.45) is -0.563. The highest BCUT2D eigenvalue weighted by Crippen LogP contribution is 2.25. The summed E-state index contributed by atoms with van der Waals surface area (Å²) in [5.74, 6) is -0.353. The summed E-state index contributed by atoms with van der Waals surface area (Å²) in [6, 6.07) is 0. The van der Waals surface area contributed by atoms with Gasteiger partial charge in [-0.25, -0.2) is 4.79 Å². The lowest BCUT2D eigenvalue weighted by atomic mass is 10.2. The molecule has 0 saturated heterocycles. The molecule has 0 aromatic carbocycles. The van der Waals surface area contributed by atoms with Crippen molar-refractivity contribution in [2.24, 2.45) is 0 Å². The van der Waals surface area contributed by atoms with Crippen molar-refractivity contribution in [3.05, 3.63) is 11.3 Å². The largest absolute Gasteiger partial charge is 0.427 e. The fraction of sp³-hybridized carbons (Fsp3) is 0.667. The minimum absolute atomic E-state index is 0.0153. The number of esters is 1. The number of nitrogens with one attached hydrogen (secondary N) is 1. The first-order valence-corrected chi connectivity index (χ1v) is 4.59. The highest BCUT2D eigenvalue weighted by Gasteiger charge is 2.37. The highest BCUT2D eigenvalue weighted by molar-refractivity contribution is 5.91. The Labute approximate surface area is 82.0 Å². The predicted octanol–water partition coefficient (Wildman–Crippen LogP) is 0.126. The average molecular weight is 199 g/mol. The van der Waals surface area contributed by atoms with Gasteiger partial charge in [0.15, 0.2) is 0 Å². The monoisotopic (exact) mass is 199 g/mol. The van der Waals surface area contributed by atoms with Crippen LogP contribution in [0.2, 0.25) is 0 Å². The van der Waals surface area contributed by atoms with Gasteiger partial charge in [-0.15, -0.1) is 0 Å². The molecule has 1 atom stereocenters. The molecule has 0 bridgehead atoms. The molecule has 0 aromatic heterocycles. The van der Waals surface area contributed by atoms with Crippen LogP contribution in [0.4, 0.5) is 0 Å². The minimum Gasteiger partial charge on any atom is -0.427 e. The molecule has 0 radical (unpaired) electrons. The van der Waals surface area contributed by atoms with Gasteiger partial charge in [-0.05, 0) is 13.8 Å². The number of carbonyl (C=O) groups excluding carboxylic acids is 1. The summed E-state index contributed by atoms with van der Waals surface area (Å²) in [4.78, 5) is 11.3. The van der Waals surface area contributed by atoms with Gasteiger partial charge in [0.2, 0.25) is 6.29 Å². The summed E-state index contributed by atoms with van der Waals surface area (Å²) in [6.45, 7) is 4.53. The second-order valence-corrected chi connectivity index (χ2v) is 3.49. The van der Waals surface area contributed by atoms with E-state index in [0.29, 0.717) is 19.0 Å². The Morgan fingerprint density at radius 1 is 1.57 bits per heavy atom. The number of rotatable bonds is 2. The van der Waals surface area contributed by atoms with E-state index in [-0.39, 0.29) is 12.1 Å². The van der Waals surface area contributed by atoms with Gasteiger partial charge < -0.3 is 19.5 Å². The van der Waals surface area contributed by atoms with Crippen LogP contribution < -0.4 is 5.32 Å². The van der Waals surface area contributed by atoms with Crippen molar-refractivity contribution in [2.75, 3.05) is 13.3 Å². The summed E-state index contributed by atoms with van der Waals surface area (Å²) in [5, 5.41) is 2.84. The zero-order valence-corrected chi connectivity index (χ0v) is 8.20. The molecule has 78 valence electrons. The van der Waals surface area contributed by atoms with Gasteiger partial charge in [0, 0.05) is 0 Å². The van der Waals surface area contributed by atoms with Crippen molar-refractivity contribution in [1.29, 1.82) is 0 Å². The van der Waals surface area contributed by atoms with Crippen molar-refractivity contribution < 1.29 is 19.0 Å². The minimum atomic E-state index is -0.578. The van der Waals surface area contributed by atoms with Gasteiger partial charge in [-0.1, -0.05) is 0 Å². The Kier molecular flexibility index (Phi) is 2.43. The van der Waals surface area contributed by atoms with E-state index in [1.807, 2.05) is 13.8 Å². The lowest BCUT2D eigenvalue weighted by Crippen LogP contribution is -2.29. The molecule has 0 aromatic rings. The van der Waals surface area contributed by atoms with Crippen molar-refractivity contribution in [3.63, 3.8) is 0 Å². The topological polar surface area (TPSA) is 56.8 Å². The molecule has 0 fully saturated rings. The van der Waals surface area contributed by atoms with Gasteiger partial charge in [0.1, 0.15) is 12.4 Å². The second kappa shape index (κ2) is 3.59. The standard InChI is InChI=1S/C9H13NO4/c1-5(2)13-9-6-3-12-4-10-7(6)8(11)14-9/h5,9-10H,3-4H2,1-2H3. The van der Waals surface area contributed by atoms with Crippen molar-refractivity contribution in [1.82, 2.24) is 5.32 Å². The average Bonchev–Trinajstić information content (AvgIpc) is 2.44. The summed E-state index contributed by atoms with van der Waals surface area (Å²) in [7, 11) is 0. The van der Waals surface area contributed by atoms with Crippen LogP contribution in [0.3, 0.4) is 0 Å². The summed E-state index contributed by atoms with van der Waals surface area (Å²) < 4.78 is 15.6. The molecule has 2 aliphatic heterocycles. The van der Waals surface area contributed by atoms with Crippen molar-refractivity contribution >= 4 is 5.97 Å². The first-order valence-electron chi connectivity index (χ1n) is 4.59. The summed E-state index contributed by atoms with van der Waals surface area (Å²) in [5.41, 5.74) is 1.26. The number of hydrogen-bond acceptors (Lipinski definition) is 5. The summed E-state index contributed by atoms with van der Waals surface area (Å²) >= 11 is 0. The fourth-order valence-electron chi connectivity index (χ4n) is 1.44. The third-order valence-electron chi connectivity index (χ3n) is 2.03. The molecular formula is C9H13NO4. The van der Waals surface area contributed by atoms with Crippen LogP contribution in [0.15, 0.2) is 11.3 Å². The number of cyclic esters (lactones) is 1. The van der Waals surface area contributed by atoms with Gasteiger partial charge >= 0.3 is 5.97 Å². The molecule has 0 saturated carbocycles. The third kappa shape index (κ3) is 1.60. The smallest absolute Gasteiger partial charge is 0.357 e. The lowest BCUT2D eigenvalue weighted by Gasteiger charge is -2.19. The van der Waals surface area contributed by atoms with Crippen LogP contribution in [-0.2, 0) is 19.0 Å². The fourth-order valence-corrected chi connectivity index (χ4v) is 1.44. The molecule has 0 aliphatic carbocycles. The third-order valence-corrected chi connectivity index (χ3v) is 2.03. The normalized spacial score (nSPS) is 26.2.